The Morgan fingerprint density at radius 3 is 2.67 bits per heavy atom. The Hall–Kier alpha value is -1.73. The van der Waals surface area contributed by atoms with Crippen molar-refractivity contribution in [2.75, 3.05) is 31.1 Å². The first kappa shape index (κ1) is 12.7. The SMILES string of the molecule is CC(C)Oc1ccc(C#N)c(N2CCNCC2)c1. The van der Waals surface area contributed by atoms with E-state index in [0.717, 1.165) is 37.6 Å². The van der Waals surface area contributed by atoms with Crippen molar-refractivity contribution in [2.24, 2.45) is 0 Å². The van der Waals surface area contributed by atoms with Crippen LogP contribution in [0.5, 0.6) is 5.75 Å². The molecule has 0 amide bonds. The average molecular weight is 245 g/mol. The summed E-state index contributed by atoms with van der Waals surface area (Å²) in [4.78, 5) is 2.24. The summed E-state index contributed by atoms with van der Waals surface area (Å²) in [5.74, 6) is 0.831. The quantitative estimate of drug-likeness (QED) is 0.881. The van der Waals surface area contributed by atoms with Gasteiger partial charge in [0.05, 0.1) is 17.4 Å². The molecule has 0 saturated carbocycles. The lowest BCUT2D eigenvalue weighted by molar-refractivity contribution is 0.242. The molecule has 1 aliphatic heterocycles. The molecule has 1 N–H and O–H groups in total. The van der Waals surface area contributed by atoms with Gasteiger partial charge in [-0.1, -0.05) is 0 Å². The molecule has 18 heavy (non-hydrogen) atoms. The van der Waals surface area contributed by atoms with E-state index in [-0.39, 0.29) is 6.10 Å². The molecule has 1 saturated heterocycles. The van der Waals surface area contributed by atoms with E-state index in [2.05, 4.69) is 16.3 Å². The van der Waals surface area contributed by atoms with Crippen molar-refractivity contribution in [3.05, 3.63) is 23.8 Å². The fraction of sp³-hybridized carbons (Fsp3) is 0.500. The van der Waals surface area contributed by atoms with Crippen molar-refractivity contribution >= 4 is 5.69 Å². The van der Waals surface area contributed by atoms with Crippen LogP contribution in [0, 0.1) is 11.3 Å². The van der Waals surface area contributed by atoms with Crippen molar-refractivity contribution in [3.63, 3.8) is 0 Å². The van der Waals surface area contributed by atoms with Crippen molar-refractivity contribution in [1.82, 2.24) is 5.32 Å². The highest BCUT2D eigenvalue weighted by atomic mass is 16.5. The van der Waals surface area contributed by atoms with E-state index < -0.39 is 0 Å². The van der Waals surface area contributed by atoms with Gasteiger partial charge in [-0.05, 0) is 26.0 Å². The molecule has 2 rings (SSSR count). The minimum Gasteiger partial charge on any atom is -0.491 e. The van der Waals surface area contributed by atoms with Crippen LogP contribution in [-0.4, -0.2) is 32.3 Å². The highest BCUT2D eigenvalue weighted by molar-refractivity contribution is 5.62. The summed E-state index contributed by atoms with van der Waals surface area (Å²) in [6.07, 6.45) is 0.147. The number of benzene rings is 1. The van der Waals surface area contributed by atoms with E-state index in [4.69, 9.17) is 4.74 Å². The summed E-state index contributed by atoms with van der Waals surface area (Å²) < 4.78 is 5.69. The molecule has 0 atom stereocenters. The summed E-state index contributed by atoms with van der Waals surface area (Å²) >= 11 is 0. The smallest absolute Gasteiger partial charge is 0.121 e. The number of nitrogens with zero attached hydrogens (tertiary/aromatic N) is 2. The van der Waals surface area contributed by atoms with E-state index in [1.54, 1.807) is 0 Å². The molecule has 0 aliphatic carbocycles. The van der Waals surface area contributed by atoms with Gasteiger partial charge in [-0.2, -0.15) is 5.26 Å². The summed E-state index contributed by atoms with van der Waals surface area (Å²) in [5, 5.41) is 12.5. The summed E-state index contributed by atoms with van der Waals surface area (Å²) in [7, 11) is 0. The molecule has 0 aromatic heterocycles. The first-order valence-electron chi connectivity index (χ1n) is 6.37. The number of piperazine rings is 1. The first-order chi connectivity index (χ1) is 8.70. The van der Waals surface area contributed by atoms with E-state index in [1.807, 2.05) is 32.0 Å². The monoisotopic (exact) mass is 245 g/mol. The fourth-order valence-corrected chi connectivity index (χ4v) is 2.12. The van der Waals surface area contributed by atoms with Crippen LogP contribution in [0.25, 0.3) is 0 Å². The highest BCUT2D eigenvalue weighted by Crippen LogP contribution is 2.26. The van der Waals surface area contributed by atoms with Gasteiger partial charge in [-0.25, -0.2) is 0 Å². The number of hydrogen-bond donors (Lipinski definition) is 1. The van der Waals surface area contributed by atoms with Crippen molar-refractivity contribution in [3.8, 4) is 11.8 Å². The molecular weight excluding hydrogens is 226 g/mol. The van der Waals surface area contributed by atoms with Gasteiger partial charge in [-0.15, -0.1) is 0 Å². The molecule has 0 spiro atoms. The predicted octanol–water partition coefficient (Wildman–Crippen LogP) is 1.76. The number of hydrogen-bond acceptors (Lipinski definition) is 4. The molecule has 0 unspecified atom stereocenters. The van der Waals surface area contributed by atoms with Gasteiger partial charge in [0.15, 0.2) is 0 Å². The van der Waals surface area contributed by atoms with Crippen LogP contribution in [0.2, 0.25) is 0 Å². The maximum absolute atomic E-state index is 9.19. The molecule has 1 aromatic rings. The maximum Gasteiger partial charge on any atom is 0.121 e. The van der Waals surface area contributed by atoms with E-state index in [9.17, 15) is 5.26 Å². The Bertz CT molecular complexity index is 445. The zero-order valence-corrected chi connectivity index (χ0v) is 10.9. The fourth-order valence-electron chi connectivity index (χ4n) is 2.12. The van der Waals surface area contributed by atoms with Crippen molar-refractivity contribution < 1.29 is 4.74 Å². The molecule has 1 fully saturated rings. The third kappa shape index (κ3) is 2.93. The second-order valence-electron chi connectivity index (χ2n) is 4.69. The van der Waals surface area contributed by atoms with E-state index in [0.29, 0.717) is 5.56 Å². The van der Waals surface area contributed by atoms with Crippen molar-refractivity contribution in [1.29, 1.82) is 5.26 Å². The molecule has 0 radical (unpaired) electrons. The molecule has 1 heterocycles. The van der Waals surface area contributed by atoms with Crippen LogP contribution < -0.4 is 15.0 Å². The van der Waals surface area contributed by atoms with Crippen LogP contribution in [0.15, 0.2) is 18.2 Å². The number of ether oxygens (including phenoxy) is 1. The standard InChI is InChI=1S/C14H19N3O/c1-11(2)18-13-4-3-12(10-15)14(9-13)17-7-5-16-6-8-17/h3-4,9,11,16H,5-8H2,1-2H3. The number of nitrogens with one attached hydrogen (secondary N) is 1. The largest absolute Gasteiger partial charge is 0.491 e. The van der Waals surface area contributed by atoms with Crippen LogP contribution >= 0.6 is 0 Å². The Kier molecular flexibility index (Phi) is 4.06. The lowest BCUT2D eigenvalue weighted by atomic mass is 10.1. The maximum atomic E-state index is 9.19. The Labute approximate surface area is 108 Å². The third-order valence-electron chi connectivity index (χ3n) is 2.92. The molecule has 1 aliphatic rings. The molecule has 4 nitrogen and oxygen atoms in total. The summed E-state index contributed by atoms with van der Waals surface area (Å²) in [5.41, 5.74) is 1.70. The molecule has 96 valence electrons. The molecule has 1 aromatic carbocycles. The van der Waals surface area contributed by atoms with Crippen molar-refractivity contribution in [2.45, 2.75) is 20.0 Å². The zero-order valence-electron chi connectivity index (χ0n) is 10.9. The topological polar surface area (TPSA) is 48.3 Å². The van der Waals surface area contributed by atoms with Crippen LogP contribution in [-0.2, 0) is 0 Å². The lowest BCUT2D eigenvalue weighted by Crippen LogP contribution is -2.43. The minimum atomic E-state index is 0.147. The van der Waals surface area contributed by atoms with E-state index >= 15 is 0 Å². The molecular formula is C14H19N3O. The first-order valence-corrected chi connectivity index (χ1v) is 6.37. The van der Waals surface area contributed by atoms with Crippen LogP contribution in [0.1, 0.15) is 19.4 Å². The van der Waals surface area contributed by atoms with Gasteiger partial charge in [0.25, 0.3) is 0 Å². The lowest BCUT2D eigenvalue weighted by Gasteiger charge is -2.30. The van der Waals surface area contributed by atoms with Gasteiger partial charge < -0.3 is 15.0 Å². The van der Waals surface area contributed by atoms with Gasteiger partial charge in [0, 0.05) is 32.2 Å². The van der Waals surface area contributed by atoms with Crippen LogP contribution in [0.4, 0.5) is 5.69 Å². The van der Waals surface area contributed by atoms with Gasteiger partial charge >= 0.3 is 0 Å². The Balaban J connectivity index is 2.27. The highest BCUT2D eigenvalue weighted by Gasteiger charge is 2.15. The zero-order chi connectivity index (χ0) is 13.0. The number of nitriles is 1. The van der Waals surface area contributed by atoms with Crippen LogP contribution in [0.3, 0.4) is 0 Å². The third-order valence-corrected chi connectivity index (χ3v) is 2.92. The number of rotatable bonds is 3. The van der Waals surface area contributed by atoms with Gasteiger partial charge in [-0.3, -0.25) is 0 Å². The number of anilines is 1. The summed E-state index contributed by atoms with van der Waals surface area (Å²) in [6, 6.07) is 7.94. The normalized spacial score (nSPS) is 15.6. The Morgan fingerprint density at radius 1 is 1.33 bits per heavy atom. The van der Waals surface area contributed by atoms with Gasteiger partial charge in [0.1, 0.15) is 11.8 Å². The predicted molar refractivity (Wildman–Crippen MR) is 72.0 cm³/mol. The second-order valence-corrected chi connectivity index (χ2v) is 4.69. The van der Waals surface area contributed by atoms with Gasteiger partial charge in [0.2, 0.25) is 0 Å². The minimum absolute atomic E-state index is 0.147. The second kappa shape index (κ2) is 5.74. The Morgan fingerprint density at radius 2 is 2.06 bits per heavy atom. The average Bonchev–Trinajstić information content (AvgIpc) is 2.39. The molecule has 4 heteroatoms. The van der Waals surface area contributed by atoms with E-state index in [1.165, 1.54) is 0 Å². The summed E-state index contributed by atoms with van der Waals surface area (Å²) in [6.45, 7) is 7.78. The molecule has 0 bridgehead atoms.